The fraction of sp³-hybridized carbons (Fsp3) is 0.462. The first-order valence-corrected chi connectivity index (χ1v) is 6.17. The number of nitrogens with two attached hydrogens (primary N) is 1. The number of pyridine rings is 1. The lowest BCUT2D eigenvalue weighted by Gasteiger charge is -2.09. The number of hydrogen-bond donors (Lipinski definition) is 1. The fourth-order valence-electron chi connectivity index (χ4n) is 1.58. The average Bonchev–Trinajstić information content (AvgIpc) is 2.87. The van der Waals surface area contributed by atoms with Crippen LogP contribution in [-0.4, -0.2) is 22.2 Å². The molecule has 2 aromatic heterocycles. The van der Waals surface area contributed by atoms with Gasteiger partial charge in [-0.1, -0.05) is 25.1 Å². The second-order valence-electron chi connectivity index (χ2n) is 4.70. The van der Waals surface area contributed by atoms with Gasteiger partial charge in [-0.05, 0) is 11.5 Å². The van der Waals surface area contributed by atoms with Crippen LogP contribution in [0.25, 0.3) is 0 Å². The zero-order valence-electron chi connectivity index (χ0n) is 11.3. The van der Waals surface area contributed by atoms with Gasteiger partial charge < -0.3 is 15.0 Å². The third-order valence-corrected chi connectivity index (χ3v) is 2.86. The van der Waals surface area contributed by atoms with Gasteiger partial charge in [0.25, 0.3) is 0 Å². The Morgan fingerprint density at radius 1 is 1.37 bits per heavy atom. The van der Waals surface area contributed by atoms with E-state index in [0.717, 1.165) is 5.56 Å². The molecular formula is C13H18N4O2. The van der Waals surface area contributed by atoms with E-state index >= 15 is 0 Å². The topological polar surface area (TPSA) is 87.1 Å². The highest BCUT2D eigenvalue weighted by molar-refractivity contribution is 5.20. The summed E-state index contributed by atoms with van der Waals surface area (Å²) < 4.78 is 10.2. The van der Waals surface area contributed by atoms with Crippen molar-refractivity contribution in [2.75, 3.05) is 7.11 Å². The normalized spacial score (nSPS) is 12.7. The minimum absolute atomic E-state index is 0.227. The highest BCUT2D eigenvalue weighted by Gasteiger charge is 2.18. The number of methoxy groups -OCH3 is 1. The van der Waals surface area contributed by atoms with Crippen LogP contribution in [0.3, 0.4) is 0 Å². The quantitative estimate of drug-likeness (QED) is 0.882. The third-order valence-electron chi connectivity index (χ3n) is 2.86. The van der Waals surface area contributed by atoms with Gasteiger partial charge in [-0.25, -0.2) is 4.98 Å². The van der Waals surface area contributed by atoms with Crippen molar-refractivity contribution in [2.45, 2.75) is 26.3 Å². The molecule has 0 bridgehead atoms. The van der Waals surface area contributed by atoms with E-state index in [1.54, 1.807) is 19.4 Å². The first-order chi connectivity index (χ1) is 9.10. The molecule has 0 radical (unpaired) electrons. The van der Waals surface area contributed by atoms with Crippen LogP contribution in [0.15, 0.2) is 22.9 Å². The summed E-state index contributed by atoms with van der Waals surface area (Å²) in [4.78, 5) is 8.44. The van der Waals surface area contributed by atoms with Gasteiger partial charge in [-0.3, -0.25) is 0 Å². The Kier molecular flexibility index (Phi) is 4.11. The largest absolute Gasteiger partial charge is 0.481 e. The summed E-state index contributed by atoms with van der Waals surface area (Å²) in [6, 6.07) is 3.50. The van der Waals surface area contributed by atoms with Crippen molar-refractivity contribution >= 4 is 0 Å². The minimum atomic E-state index is -0.227. The highest BCUT2D eigenvalue weighted by Crippen LogP contribution is 2.17. The molecule has 19 heavy (non-hydrogen) atoms. The van der Waals surface area contributed by atoms with Crippen molar-refractivity contribution < 1.29 is 9.26 Å². The molecule has 0 amide bonds. The van der Waals surface area contributed by atoms with E-state index in [9.17, 15) is 0 Å². The molecule has 2 aromatic rings. The van der Waals surface area contributed by atoms with Gasteiger partial charge in [-0.2, -0.15) is 4.98 Å². The van der Waals surface area contributed by atoms with Crippen molar-refractivity contribution in [3.8, 4) is 5.88 Å². The van der Waals surface area contributed by atoms with Crippen LogP contribution in [0.1, 0.15) is 37.2 Å². The molecule has 2 rings (SSSR count). The maximum atomic E-state index is 5.96. The standard InChI is InChI=1S/C13H18N4O2/c1-8(2)12(14)13-16-10(17-19-13)6-9-4-5-11(18-3)15-7-9/h4-5,7-8,12H,6,14H2,1-3H3/t12-/m1/s1. The second kappa shape index (κ2) is 5.79. The van der Waals surface area contributed by atoms with Crippen molar-refractivity contribution in [1.82, 2.24) is 15.1 Å². The Morgan fingerprint density at radius 2 is 2.16 bits per heavy atom. The highest BCUT2D eigenvalue weighted by atomic mass is 16.5. The van der Waals surface area contributed by atoms with Crippen molar-refractivity contribution in [1.29, 1.82) is 0 Å². The summed E-state index contributed by atoms with van der Waals surface area (Å²) >= 11 is 0. The molecule has 0 aromatic carbocycles. The molecule has 0 aliphatic rings. The van der Waals surface area contributed by atoms with Crippen LogP contribution in [0.2, 0.25) is 0 Å². The molecule has 6 nitrogen and oxygen atoms in total. The zero-order valence-corrected chi connectivity index (χ0v) is 11.3. The number of aromatic nitrogens is 3. The van der Waals surface area contributed by atoms with Crippen LogP contribution < -0.4 is 10.5 Å². The van der Waals surface area contributed by atoms with Crippen LogP contribution >= 0.6 is 0 Å². The van der Waals surface area contributed by atoms with Gasteiger partial charge >= 0.3 is 0 Å². The predicted octanol–water partition coefficient (Wildman–Crippen LogP) is 1.72. The van der Waals surface area contributed by atoms with Crippen LogP contribution in [0.5, 0.6) is 5.88 Å². The second-order valence-corrected chi connectivity index (χ2v) is 4.70. The summed E-state index contributed by atoms with van der Waals surface area (Å²) in [6.45, 7) is 4.03. The SMILES string of the molecule is COc1ccc(Cc2noc([C@H](N)C(C)C)n2)cn1. The van der Waals surface area contributed by atoms with Crippen LogP contribution in [-0.2, 0) is 6.42 Å². The van der Waals surface area contributed by atoms with Gasteiger partial charge in [0.05, 0.1) is 13.2 Å². The molecule has 0 unspecified atom stereocenters. The molecule has 0 spiro atoms. The van der Waals surface area contributed by atoms with E-state index in [-0.39, 0.29) is 12.0 Å². The van der Waals surface area contributed by atoms with Gasteiger partial charge in [0.2, 0.25) is 11.8 Å². The van der Waals surface area contributed by atoms with Gasteiger partial charge in [-0.15, -0.1) is 0 Å². The van der Waals surface area contributed by atoms with Gasteiger partial charge in [0.15, 0.2) is 5.82 Å². The maximum Gasteiger partial charge on any atom is 0.243 e. The smallest absolute Gasteiger partial charge is 0.243 e. The first-order valence-electron chi connectivity index (χ1n) is 6.17. The molecule has 102 valence electrons. The van der Waals surface area contributed by atoms with E-state index in [0.29, 0.717) is 24.0 Å². The number of nitrogens with zero attached hydrogens (tertiary/aromatic N) is 3. The Bertz CT molecular complexity index is 522. The van der Waals surface area contributed by atoms with E-state index in [1.165, 1.54) is 0 Å². The Balaban J connectivity index is 2.06. The molecule has 2 N–H and O–H groups in total. The number of rotatable bonds is 5. The van der Waals surface area contributed by atoms with E-state index in [4.69, 9.17) is 15.0 Å². The van der Waals surface area contributed by atoms with E-state index in [1.807, 2.05) is 19.9 Å². The average molecular weight is 262 g/mol. The third kappa shape index (κ3) is 3.29. The Labute approximate surface area is 112 Å². The van der Waals surface area contributed by atoms with Gasteiger partial charge in [0, 0.05) is 18.7 Å². The van der Waals surface area contributed by atoms with Crippen LogP contribution in [0, 0.1) is 5.92 Å². The molecule has 0 aliphatic carbocycles. The molecule has 0 fully saturated rings. The number of ether oxygens (including phenoxy) is 1. The Hall–Kier alpha value is -1.95. The number of hydrogen-bond acceptors (Lipinski definition) is 6. The van der Waals surface area contributed by atoms with Crippen LogP contribution in [0.4, 0.5) is 0 Å². The Morgan fingerprint density at radius 3 is 2.74 bits per heavy atom. The maximum absolute atomic E-state index is 5.96. The van der Waals surface area contributed by atoms with E-state index < -0.39 is 0 Å². The van der Waals surface area contributed by atoms with E-state index in [2.05, 4.69) is 15.1 Å². The summed E-state index contributed by atoms with van der Waals surface area (Å²) in [6.07, 6.45) is 2.29. The molecule has 0 saturated heterocycles. The zero-order chi connectivity index (χ0) is 13.8. The summed E-state index contributed by atoms with van der Waals surface area (Å²) in [7, 11) is 1.58. The van der Waals surface area contributed by atoms with Crippen molar-refractivity contribution in [3.63, 3.8) is 0 Å². The minimum Gasteiger partial charge on any atom is -0.481 e. The molecular weight excluding hydrogens is 244 g/mol. The molecule has 6 heteroatoms. The van der Waals surface area contributed by atoms with Crippen molar-refractivity contribution in [3.05, 3.63) is 35.6 Å². The summed E-state index contributed by atoms with van der Waals surface area (Å²) in [5, 5.41) is 3.93. The fourth-order valence-corrected chi connectivity index (χ4v) is 1.58. The summed E-state index contributed by atoms with van der Waals surface area (Å²) in [5.74, 6) is 1.93. The van der Waals surface area contributed by atoms with Gasteiger partial charge in [0.1, 0.15) is 0 Å². The lowest BCUT2D eigenvalue weighted by molar-refractivity contribution is 0.322. The first kappa shape index (κ1) is 13.5. The molecule has 2 heterocycles. The molecule has 0 saturated carbocycles. The lowest BCUT2D eigenvalue weighted by Crippen LogP contribution is -2.17. The lowest BCUT2D eigenvalue weighted by atomic mass is 10.1. The molecule has 0 aliphatic heterocycles. The summed E-state index contributed by atoms with van der Waals surface area (Å²) in [5.41, 5.74) is 6.95. The van der Waals surface area contributed by atoms with Crippen molar-refractivity contribution in [2.24, 2.45) is 11.7 Å². The molecule has 1 atom stereocenters. The monoisotopic (exact) mass is 262 g/mol. The predicted molar refractivity (Wildman–Crippen MR) is 69.7 cm³/mol.